The zero-order valence-corrected chi connectivity index (χ0v) is 15.0. The number of unbranched alkanes of at least 4 members (excludes halogenated alkanes) is 1. The van der Waals surface area contributed by atoms with Gasteiger partial charge in [-0.1, -0.05) is 30.3 Å². The molecule has 1 N–H and O–H groups in total. The van der Waals surface area contributed by atoms with Crippen molar-refractivity contribution < 1.29 is 0 Å². The summed E-state index contributed by atoms with van der Waals surface area (Å²) >= 11 is 0. The first-order valence-corrected chi connectivity index (χ1v) is 9.54. The minimum Gasteiger partial charge on any atom is -0.353 e. The predicted molar refractivity (Wildman–Crippen MR) is 104 cm³/mol. The summed E-state index contributed by atoms with van der Waals surface area (Å²) < 4.78 is 2.32. The van der Waals surface area contributed by atoms with Crippen molar-refractivity contribution in [2.24, 2.45) is 0 Å². The molecule has 1 aromatic carbocycles. The summed E-state index contributed by atoms with van der Waals surface area (Å²) in [5.41, 5.74) is 3.86. The zero-order chi connectivity index (χ0) is 17.1. The van der Waals surface area contributed by atoms with Gasteiger partial charge in [-0.25, -0.2) is 0 Å². The van der Waals surface area contributed by atoms with E-state index in [0.29, 0.717) is 6.04 Å². The lowest BCUT2D eigenvalue weighted by Crippen LogP contribution is -2.27. The van der Waals surface area contributed by atoms with Crippen LogP contribution in [0.4, 0.5) is 0 Å². The second kappa shape index (κ2) is 7.40. The van der Waals surface area contributed by atoms with Gasteiger partial charge in [-0.15, -0.1) is 0 Å². The van der Waals surface area contributed by atoms with E-state index < -0.39 is 0 Å². The van der Waals surface area contributed by atoms with Gasteiger partial charge in [-0.3, -0.25) is 4.98 Å². The van der Waals surface area contributed by atoms with Crippen molar-refractivity contribution in [3.8, 4) is 0 Å². The summed E-state index contributed by atoms with van der Waals surface area (Å²) in [7, 11) is 0. The van der Waals surface area contributed by atoms with Gasteiger partial charge in [-0.05, 0) is 68.0 Å². The van der Waals surface area contributed by atoms with Gasteiger partial charge >= 0.3 is 0 Å². The molecule has 2 aromatic heterocycles. The van der Waals surface area contributed by atoms with Crippen LogP contribution in [-0.2, 0) is 13.0 Å². The van der Waals surface area contributed by atoms with E-state index in [-0.39, 0.29) is 0 Å². The van der Waals surface area contributed by atoms with E-state index in [0.717, 1.165) is 18.8 Å². The molecule has 0 saturated heterocycles. The first-order chi connectivity index (χ1) is 12.3. The Morgan fingerprint density at radius 2 is 1.88 bits per heavy atom. The quantitative estimate of drug-likeness (QED) is 0.657. The molecule has 0 radical (unpaired) electrons. The highest BCUT2D eigenvalue weighted by Crippen LogP contribution is 2.28. The van der Waals surface area contributed by atoms with E-state index in [1.807, 2.05) is 0 Å². The van der Waals surface area contributed by atoms with Crippen LogP contribution in [0.3, 0.4) is 0 Å². The number of pyridine rings is 1. The number of aromatic nitrogens is 2. The Balaban J connectivity index is 1.27. The van der Waals surface area contributed by atoms with Crippen LogP contribution in [0, 0.1) is 6.92 Å². The average molecular weight is 333 g/mol. The molecule has 130 valence electrons. The third kappa shape index (κ3) is 3.77. The van der Waals surface area contributed by atoms with Gasteiger partial charge in [0.05, 0.1) is 5.69 Å². The second-order valence-electron chi connectivity index (χ2n) is 7.23. The highest BCUT2D eigenvalue weighted by Gasteiger charge is 2.20. The van der Waals surface area contributed by atoms with Gasteiger partial charge in [0.1, 0.15) is 0 Å². The van der Waals surface area contributed by atoms with Crippen molar-refractivity contribution >= 4 is 10.8 Å². The van der Waals surface area contributed by atoms with Crippen LogP contribution in [0.25, 0.3) is 10.8 Å². The molecule has 0 spiro atoms. The number of nitrogens with one attached hydrogen (secondary N) is 1. The fourth-order valence-electron chi connectivity index (χ4n) is 3.92. The molecule has 1 aliphatic rings. The molecule has 3 heteroatoms. The van der Waals surface area contributed by atoms with Crippen LogP contribution in [0.2, 0.25) is 0 Å². The summed E-state index contributed by atoms with van der Waals surface area (Å²) in [5.74, 6) is 0. The monoisotopic (exact) mass is 333 g/mol. The van der Waals surface area contributed by atoms with Crippen molar-refractivity contribution in [1.82, 2.24) is 14.9 Å². The van der Waals surface area contributed by atoms with Crippen LogP contribution in [0.1, 0.15) is 48.7 Å². The Morgan fingerprint density at radius 3 is 2.68 bits per heavy atom. The molecule has 25 heavy (non-hydrogen) atoms. The van der Waals surface area contributed by atoms with Crippen molar-refractivity contribution in [3.63, 3.8) is 0 Å². The van der Waals surface area contributed by atoms with E-state index in [1.54, 1.807) is 0 Å². The Kier molecular flexibility index (Phi) is 4.84. The normalized spacial score (nSPS) is 16.9. The molecular weight excluding hydrogens is 306 g/mol. The van der Waals surface area contributed by atoms with Crippen molar-refractivity contribution in [2.45, 2.75) is 51.6 Å². The summed E-state index contributed by atoms with van der Waals surface area (Å²) in [4.78, 5) is 4.80. The smallest absolute Gasteiger partial charge is 0.0608 e. The van der Waals surface area contributed by atoms with Crippen LogP contribution < -0.4 is 5.32 Å². The molecule has 3 aromatic rings. The third-order valence-corrected chi connectivity index (χ3v) is 5.26. The number of benzene rings is 1. The minimum absolute atomic E-state index is 0.442. The molecule has 0 bridgehead atoms. The molecule has 0 fully saturated rings. The standard InChI is InChI=1S/C22H27N3/c1-17-11-12-18-9-6-10-21(22(18)24-17)23-13-4-5-14-25-15-19-7-2-3-8-20(19)16-25/h2-3,7-8,11-12,15-16,21,23H,4-6,9-10,13-14H2,1H3. The molecule has 0 amide bonds. The van der Waals surface area contributed by atoms with Gasteiger partial charge in [0.15, 0.2) is 0 Å². The van der Waals surface area contributed by atoms with Crippen molar-refractivity contribution in [3.05, 3.63) is 65.7 Å². The maximum atomic E-state index is 4.80. The molecule has 0 saturated carbocycles. The first kappa shape index (κ1) is 16.3. The lowest BCUT2D eigenvalue weighted by Gasteiger charge is -2.25. The largest absolute Gasteiger partial charge is 0.353 e. The van der Waals surface area contributed by atoms with Crippen LogP contribution in [-0.4, -0.2) is 16.1 Å². The van der Waals surface area contributed by atoms with E-state index in [9.17, 15) is 0 Å². The molecule has 1 atom stereocenters. The molecule has 0 aliphatic heterocycles. The lowest BCUT2D eigenvalue weighted by atomic mass is 9.91. The second-order valence-corrected chi connectivity index (χ2v) is 7.23. The third-order valence-electron chi connectivity index (χ3n) is 5.26. The number of hydrogen-bond donors (Lipinski definition) is 1. The van der Waals surface area contributed by atoms with Gasteiger partial charge in [0.25, 0.3) is 0 Å². The predicted octanol–water partition coefficient (Wildman–Crippen LogP) is 4.79. The Hall–Kier alpha value is -2.13. The van der Waals surface area contributed by atoms with E-state index in [1.165, 1.54) is 54.1 Å². The maximum Gasteiger partial charge on any atom is 0.0608 e. The molecule has 1 aliphatic carbocycles. The molecular formula is C22H27N3. The summed E-state index contributed by atoms with van der Waals surface area (Å²) in [6.45, 7) is 4.25. The molecule has 2 heterocycles. The average Bonchev–Trinajstić information content (AvgIpc) is 3.04. The maximum absolute atomic E-state index is 4.80. The highest BCUT2D eigenvalue weighted by atomic mass is 15.0. The molecule has 1 unspecified atom stereocenters. The first-order valence-electron chi connectivity index (χ1n) is 9.54. The summed E-state index contributed by atoms with van der Waals surface area (Å²) in [5, 5.41) is 6.41. The van der Waals surface area contributed by atoms with Gasteiger partial charge < -0.3 is 9.88 Å². The van der Waals surface area contributed by atoms with Gasteiger partial charge in [0.2, 0.25) is 0 Å². The fourth-order valence-corrected chi connectivity index (χ4v) is 3.92. The van der Waals surface area contributed by atoms with E-state index >= 15 is 0 Å². The Bertz CT molecular complexity index is 816. The number of aryl methyl sites for hydroxylation is 3. The summed E-state index contributed by atoms with van der Waals surface area (Å²) in [6, 6.07) is 13.4. The van der Waals surface area contributed by atoms with Crippen molar-refractivity contribution in [2.75, 3.05) is 6.54 Å². The number of rotatable bonds is 6. The Labute approximate surface area is 150 Å². The SMILES string of the molecule is Cc1ccc2c(n1)C(NCCCCn1cc3ccccc3c1)CCC2. The number of nitrogens with zero attached hydrogens (tertiary/aromatic N) is 2. The fraction of sp³-hybridized carbons (Fsp3) is 0.409. The minimum atomic E-state index is 0.442. The summed E-state index contributed by atoms with van der Waals surface area (Å²) in [6.07, 6.45) is 10.6. The lowest BCUT2D eigenvalue weighted by molar-refractivity contribution is 0.436. The van der Waals surface area contributed by atoms with Gasteiger partial charge in [-0.2, -0.15) is 0 Å². The molecule has 4 rings (SSSR count). The molecule has 3 nitrogen and oxygen atoms in total. The van der Waals surface area contributed by atoms with Crippen LogP contribution >= 0.6 is 0 Å². The Morgan fingerprint density at radius 1 is 1.08 bits per heavy atom. The zero-order valence-electron chi connectivity index (χ0n) is 15.0. The van der Waals surface area contributed by atoms with Crippen LogP contribution in [0.5, 0.6) is 0 Å². The van der Waals surface area contributed by atoms with Crippen molar-refractivity contribution in [1.29, 1.82) is 0 Å². The van der Waals surface area contributed by atoms with Crippen LogP contribution in [0.15, 0.2) is 48.8 Å². The van der Waals surface area contributed by atoms with E-state index in [4.69, 9.17) is 4.98 Å². The number of hydrogen-bond acceptors (Lipinski definition) is 2. The number of fused-ring (bicyclic) bond motifs is 2. The topological polar surface area (TPSA) is 29.9 Å². The van der Waals surface area contributed by atoms with Gasteiger partial charge in [0, 0.05) is 30.7 Å². The van der Waals surface area contributed by atoms with E-state index in [2.05, 4.69) is 65.6 Å². The highest BCUT2D eigenvalue weighted by molar-refractivity contribution is 5.81.